The molecule has 0 spiro atoms. The number of likely N-dealkylation sites (tertiary alicyclic amines) is 1. The number of nitrogens with two attached hydrogens (primary N) is 1. The lowest BCUT2D eigenvalue weighted by molar-refractivity contribution is -0.916. The van der Waals surface area contributed by atoms with Crippen LogP contribution in [0.15, 0.2) is 0 Å². The minimum atomic E-state index is 0.867. The van der Waals surface area contributed by atoms with Gasteiger partial charge in [-0.05, 0) is 25.0 Å². The number of hydrogen-bond acceptors (Lipinski definition) is 2. The van der Waals surface area contributed by atoms with Crippen LogP contribution in [0.3, 0.4) is 0 Å². The van der Waals surface area contributed by atoms with Crippen LogP contribution in [0.25, 0.3) is 0 Å². The minimum Gasteiger partial charge on any atom is -0.311 e. The first-order chi connectivity index (χ1) is 9.83. The Morgan fingerprint density at radius 1 is 0.700 bits per heavy atom. The molecule has 0 atom stereocenters. The summed E-state index contributed by atoms with van der Waals surface area (Å²) in [7, 11) is 0. The van der Waals surface area contributed by atoms with E-state index < -0.39 is 0 Å². The van der Waals surface area contributed by atoms with Crippen molar-refractivity contribution in [3.8, 4) is 0 Å². The van der Waals surface area contributed by atoms with Crippen molar-refractivity contribution in [2.75, 3.05) is 32.1 Å². The second-order valence-corrected chi connectivity index (χ2v) is 7.11. The van der Waals surface area contributed by atoms with Gasteiger partial charge in [0.1, 0.15) is 6.67 Å². The van der Waals surface area contributed by atoms with E-state index in [1.807, 2.05) is 0 Å². The van der Waals surface area contributed by atoms with Crippen LogP contribution in [-0.4, -0.2) is 36.5 Å². The molecule has 0 saturated carbocycles. The molecule has 0 aliphatic carbocycles. The van der Waals surface area contributed by atoms with Crippen molar-refractivity contribution >= 4 is 12.6 Å². The molecule has 3 heteroatoms. The number of rotatable bonds is 13. The molecule has 1 aliphatic rings. The van der Waals surface area contributed by atoms with Crippen molar-refractivity contribution in [3.63, 3.8) is 0 Å². The van der Waals surface area contributed by atoms with Gasteiger partial charge in [0, 0.05) is 12.8 Å². The molecule has 0 aromatic rings. The first-order valence-corrected chi connectivity index (χ1v) is 9.62. The van der Waals surface area contributed by atoms with E-state index in [0.717, 1.165) is 12.4 Å². The maximum absolute atomic E-state index is 5.97. The first-order valence-electron chi connectivity index (χ1n) is 8.99. The molecular formula is C17H37N2S+. The summed E-state index contributed by atoms with van der Waals surface area (Å²) in [6, 6.07) is 0. The number of nitrogens with zero attached hydrogens (tertiary/aromatic N) is 1. The van der Waals surface area contributed by atoms with Crippen molar-refractivity contribution in [2.45, 2.75) is 77.0 Å². The average molecular weight is 302 g/mol. The molecule has 0 amide bonds. The van der Waals surface area contributed by atoms with Crippen LogP contribution >= 0.6 is 12.6 Å². The van der Waals surface area contributed by atoms with Crippen molar-refractivity contribution in [1.82, 2.24) is 0 Å². The first kappa shape index (κ1) is 18.3. The number of hydrogen-bond donors (Lipinski definition) is 2. The maximum atomic E-state index is 5.97. The fourth-order valence-corrected chi connectivity index (χ4v) is 3.70. The molecule has 2 N–H and O–H groups in total. The molecule has 20 heavy (non-hydrogen) atoms. The van der Waals surface area contributed by atoms with Gasteiger partial charge in [0.2, 0.25) is 0 Å². The molecule has 0 bridgehead atoms. The lowest BCUT2D eigenvalue weighted by Crippen LogP contribution is -2.49. The molecular weight excluding hydrogens is 264 g/mol. The minimum absolute atomic E-state index is 0.867. The Morgan fingerprint density at radius 2 is 1.15 bits per heavy atom. The van der Waals surface area contributed by atoms with Crippen molar-refractivity contribution < 1.29 is 4.48 Å². The van der Waals surface area contributed by atoms with Crippen LogP contribution in [-0.2, 0) is 0 Å². The van der Waals surface area contributed by atoms with Crippen LogP contribution < -0.4 is 5.73 Å². The second-order valence-electron chi connectivity index (χ2n) is 6.66. The Kier molecular flexibility index (Phi) is 10.9. The Morgan fingerprint density at radius 3 is 1.60 bits per heavy atom. The summed E-state index contributed by atoms with van der Waals surface area (Å²) >= 11 is 4.25. The summed E-state index contributed by atoms with van der Waals surface area (Å²) in [6.07, 6.45) is 16.9. The van der Waals surface area contributed by atoms with Gasteiger partial charge in [-0.15, -0.1) is 0 Å². The molecule has 0 aromatic heterocycles. The van der Waals surface area contributed by atoms with Crippen LogP contribution in [0.2, 0.25) is 0 Å². The van der Waals surface area contributed by atoms with Gasteiger partial charge in [-0.2, -0.15) is 12.6 Å². The quantitative estimate of drug-likeness (QED) is 0.295. The van der Waals surface area contributed by atoms with E-state index in [-0.39, 0.29) is 0 Å². The molecule has 0 aromatic carbocycles. The summed E-state index contributed by atoms with van der Waals surface area (Å²) < 4.78 is 1.21. The molecule has 0 radical (unpaired) electrons. The standard InChI is InChI=1S/C17H36N2S/c18-17-19(14-10-11-15-19)13-9-7-5-3-1-2-4-6-8-12-16-20/h1-18H2/p+1. The Labute approximate surface area is 132 Å². The molecule has 2 nitrogen and oxygen atoms in total. The fourth-order valence-electron chi connectivity index (χ4n) is 3.48. The highest BCUT2D eigenvalue weighted by molar-refractivity contribution is 7.80. The van der Waals surface area contributed by atoms with Gasteiger partial charge >= 0.3 is 0 Å². The summed E-state index contributed by atoms with van der Waals surface area (Å²) in [4.78, 5) is 0. The molecule has 1 fully saturated rings. The third kappa shape index (κ3) is 7.90. The van der Waals surface area contributed by atoms with Gasteiger partial charge in [0.25, 0.3) is 0 Å². The molecule has 1 heterocycles. The molecule has 1 aliphatic heterocycles. The number of thiol groups is 1. The topological polar surface area (TPSA) is 26.0 Å². The highest BCUT2D eigenvalue weighted by Crippen LogP contribution is 2.19. The third-order valence-electron chi connectivity index (χ3n) is 4.94. The zero-order valence-corrected chi connectivity index (χ0v) is 14.4. The SMILES string of the molecule is NC[N+]1(CCCCCCCCCCCCS)CCCC1. The monoisotopic (exact) mass is 301 g/mol. The molecule has 0 unspecified atom stereocenters. The van der Waals surface area contributed by atoms with Crippen molar-refractivity contribution in [1.29, 1.82) is 0 Å². The Balaban J connectivity index is 1.83. The van der Waals surface area contributed by atoms with E-state index in [9.17, 15) is 0 Å². The number of quaternary nitrogens is 1. The van der Waals surface area contributed by atoms with Crippen molar-refractivity contribution in [3.05, 3.63) is 0 Å². The molecule has 120 valence electrons. The van der Waals surface area contributed by atoms with E-state index in [2.05, 4.69) is 12.6 Å². The van der Waals surface area contributed by atoms with Gasteiger partial charge in [0.15, 0.2) is 0 Å². The normalized spacial score (nSPS) is 17.7. The molecule has 1 rings (SSSR count). The number of unbranched alkanes of at least 4 members (excludes halogenated alkanes) is 9. The Hall–Kier alpha value is 0.270. The third-order valence-corrected chi connectivity index (χ3v) is 5.26. The fraction of sp³-hybridized carbons (Fsp3) is 1.00. The summed E-state index contributed by atoms with van der Waals surface area (Å²) in [5, 5.41) is 0. The Bertz CT molecular complexity index is 215. The summed E-state index contributed by atoms with van der Waals surface area (Å²) in [6.45, 7) is 4.87. The van der Waals surface area contributed by atoms with Crippen LogP contribution in [0, 0.1) is 0 Å². The van der Waals surface area contributed by atoms with Crippen LogP contribution in [0.5, 0.6) is 0 Å². The average Bonchev–Trinajstić information content (AvgIpc) is 2.94. The van der Waals surface area contributed by atoms with E-state index in [4.69, 9.17) is 5.73 Å². The summed E-state index contributed by atoms with van der Waals surface area (Å²) in [5.74, 6) is 1.06. The van der Waals surface area contributed by atoms with Gasteiger partial charge in [-0.25, -0.2) is 0 Å². The van der Waals surface area contributed by atoms with E-state index in [1.54, 1.807) is 0 Å². The smallest absolute Gasteiger partial charge is 0.130 e. The van der Waals surface area contributed by atoms with Crippen LogP contribution in [0.1, 0.15) is 77.0 Å². The van der Waals surface area contributed by atoms with Crippen LogP contribution in [0.4, 0.5) is 0 Å². The summed E-state index contributed by atoms with van der Waals surface area (Å²) in [5.41, 5.74) is 5.97. The van der Waals surface area contributed by atoms with E-state index in [1.165, 1.54) is 101 Å². The van der Waals surface area contributed by atoms with Gasteiger partial charge in [-0.1, -0.05) is 44.9 Å². The van der Waals surface area contributed by atoms with Gasteiger partial charge < -0.3 is 4.48 Å². The predicted molar refractivity (Wildman–Crippen MR) is 93.2 cm³/mol. The second kappa shape index (κ2) is 11.9. The lowest BCUT2D eigenvalue weighted by Gasteiger charge is -2.32. The van der Waals surface area contributed by atoms with Gasteiger partial charge in [-0.3, -0.25) is 5.73 Å². The lowest BCUT2D eigenvalue weighted by atomic mass is 10.1. The van der Waals surface area contributed by atoms with E-state index >= 15 is 0 Å². The molecule has 1 saturated heterocycles. The van der Waals surface area contributed by atoms with Crippen molar-refractivity contribution in [2.24, 2.45) is 5.73 Å². The zero-order valence-electron chi connectivity index (χ0n) is 13.5. The van der Waals surface area contributed by atoms with Gasteiger partial charge in [0.05, 0.1) is 19.6 Å². The maximum Gasteiger partial charge on any atom is 0.130 e. The van der Waals surface area contributed by atoms with E-state index in [0.29, 0.717) is 0 Å². The highest BCUT2D eigenvalue weighted by atomic mass is 32.1. The predicted octanol–water partition coefficient (Wildman–Crippen LogP) is 4.34. The largest absolute Gasteiger partial charge is 0.311 e. The highest BCUT2D eigenvalue weighted by Gasteiger charge is 2.29. The zero-order chi connectivity index (χ0) is 14.5.